The lowest BCUT2D eigenvalue weighted by molar-refractivity contribution is 0.224. The molecule has 0 saturated carbocycles. The summed E-state index contributed by atoms with van der Waals surface area (Å²) in [5.74, 6) is 1.04. The quantitative estimate of drug-likeness (QED) is 0.745. The van der Waals surface area contributed by atoms with Crippen LogP contribution in [0.15, 0.2) is 36.4 Å². The lowest BCUT2D eigenvalue weighted by Crippen LogP contribution is -2.08. The Bertz CT molecular complexity index is 644. The molecule has 2 aromatic carbocycles. The summed E-state index contributed by atoms with van der Waals surface area (Å²) in [5.41, 5.74) is 1.71. The third-order valence-corrected chi connectivity index (χ3v) is 3.45. The van der Waals surface area contributed by atoms with E-state index in [4.69, 9.17) is 21.1 Å². The van der Waals surface area contributed by atoms with E-state index in [9.17, 15) is 4.39 Å². The fraction of sp³-hybridized carbons (Fsp3) is 0.333. The maximum Gasteiger partial charge on any atom is 0.163 e. The molecular weight excluding hydrogens is 317 g/mol. The van der Waals surface area contributed by atoms with Crippen molar-refractivity contribution in [3.63, 3.8) is 0 Å². The van der Waals surface area contributed by atoms with Crippen molar-refractivity contribution in [3.8, 4) is 11.5 Å². The van der Waals surface area contributed by atoms with Gasteiger partial charge in [0.15, 0.2) is 11.5 Å². The number of nitrogens with one attached hydrogen (secondary N) is 1. The molecule has 0 radical (unpaired) electrons. The molecule has 5 heteroatoms. The molecule has 0 saturated heterocycles. The summed E-state index contributed by atoms with van der Waals surface area (Å²) in [6.07, 6.45) is 0.0356. The van der Waals surface area contributed by atoms with E-state index in [2.05, 4.69) is 5.32 Å². The number of anilines is 1. The highest BCUT2D eigenvalue weighted by molar-refractivity contribution is 6.31. The van der Waals surface area contributed by atoms with Crippen molar-refractivity contribution < 1.29 is 13.9 Å². The number of rotatable bonds is 7. The summed E-state index contributed by atoms with van der Waals surface area (Å²) in [6, 6.07) is 9.84. The van der Waals surface area contributed by atoms with Crippen LogP contribution in [-0.4, -0.2) is 12.7 Å². The largest absolute Gasteiger partial charge is 0.490 e. The fourth-order valence-corrected chi connectivity index (χ4v) is 2.31. The standard InChI is InChI=1S/C18H21ClFNO2/c1-4-22-17-9-13(16(19)10-18(17)23-12(2)3)11-21-15-7-5-14(20)6-8-15/h5-10,12,21H,4,11H2,1-3H3. The van der Waals surface area contributed by atoms with Crippen molar-refractivity contribution in [2.24, 2.45) is 0 Å². The Hall–Kier alpha value is -1.94. The Labute approximate surface area is 141 Å². The van der Waals surface area contributed by atoms with Gasteiger partial charge < -0.3 is 14.8 Å². The van der Waals surface area contributed by atoms with Crippen molar-refractivity contribution in [1.82, 2.24) is 0 Å². The van der Waals surface area contributed by atoms with Gasteiger partial charge in [0.25, 0.3) is 0 Å². The van der Waals surface area contributed by atoms with E-state index in [1.54, 1.807) is 18.2 Å². The Morgan fingerprint density at radius 2 is 1.83 bits per heavy atom. The molecule has 2 rings (SSSR count). The summed E-state index contributed by atoms with van der Waals surface area (Å²) in [6.45, 7) is 6.87. The summed E-state index contributed by atoms with van der Waals surface area (Å²) in [7, 11) is 0. The fourth-order valence-electron chi connectivity index (χ4n) is 2.09. The zero-order chi connectivity index (χ0) is 16.8. The average Bonchev–Trinajstić information content (AvgIpc) is 2.50. The first-order valence-electron chi connectivity index (χ1n) is 7.61. The van der Waals surface area contributed by atoms with Crippen LogP contribution in [0.3, 0.4) is 0 Å². The lowest BCUT2D eigenvalue weighted by atomic mass is 10.2. The average molecular weight is 338 g/mol. The highest BCUT2D eigenvalue weighted by Gasteiger charge is 2.12. The SMILES string of the molecule is CCOc1cc(CNc2ccc(F)cc2)c(Cl)cc1OC(C)C. The molecule has 0 aliphatic rings. The molecular formula is C18H21ClFNO2. The van der Waals surface area contributed by atoms with E-state index >= 15 is 0 Å². The van der Waals surface area contributed by atoms with E-state index in [-0.39, 0.29) is 11.9 Å². The number of halogens is 2. The van der Waals surface area contributed by atoms with Crippen molar-refractivity contribution in [3.05, 3.63) is 52.8 Å². The lowest BCUT2D eigenvalue weighted by Gasteiger charge is -2.17. The molecule has 0 amide bonds. The Morgan fingerprint density at radius 1 is 1.13 bits per heavy atom. The van der Waals surface area contributed by atoms with Gasteiger partial charge in [-0.3, -0.25) is 0 Å². The first-order valence-corrected chi connectivity index (χ1v) is 7.98. The van der Waals surface area contributed by atoms with Gasteiger partial charge in [0, 0.05) is 23.3 Å². The summed E-state index contributed by atoms with van der Waals surface area (Å²) >= 11 is 6.34. The van der Waals surface area contributed by atoms with E-state index < -0.39 is 0 Å². The van der Waals surface area contributed by atoms with Gasteiger partial charge in [0.05, 0.1) is 12.7 Å². The van der Waals surface area contributed by atoms with Crippen LogP contribution < -0.4 is 14.8 Å². The van der Waals surface area contributed by atoms with Gasteiger partial charge in [0.1, 0.15) is 5.82 Å². The Morgan fingerprint density at radius 3 is 2.43 bits per heavy atom. The van der Waals surface area contributed by atoms with Crippen molar-refractivity contribution >= 4 is 17.3 Å². The third-order valence-electron chi connectivity index (χ3n) is 3.10. The predicted octanol–water partition coefficient (Wildman–Crippen LogP) is 5.28. The number of benzene rings is 2. The zero-order valence-corrected chi connectivity index (χ0v) is 14.3. The minimum atomic E-state index is -0.262. The Kier molecular flexibility index (Phi) is 6.11. The molecule has 0 fully saturated rings. The molecule has 2 aromatic rings. The van der Waals surface area contributed by atoms with Crippen LogP contribution in [0.25, 0.3) is 0 Å². The van der Waals surface area contributed by atoms with Crippen molar-refractivity contribution in [2.45, 2.75) is 33.4 Å². The molecule has 0 aliphatic carbocycles. The monoisotopic (exact) mass is 337 g/mol. The van der Waals surface area contributed by atoms with Crippen LogP contribution in [0.5, 0.6) is 11.5 Å². The van der Waals surface area contributed by atoms with Crippen molar-refractivity contribution in [2.75, 3.05) is 11.9 Å². The van der Waals surface area contributed by atoms with Crippen LogP contribution in [-0.2, 0) is 6.54 Å². The maximum absolute atomic E-state index is 12.9. The maximum atomic E-state index is 12.9. The molecule has 0 atom stereocenters. The predicted molar refractivity (Wildman–Crippen MR) is 92.1 cm³/mol. The van der Waals surface area contributed by atoms with Gasteiger partial charge in [0.2, 0.25) is 0 Å². The first kappa shape index (κ1) is 17.4. The van der Waals surface area contributed by atoms with E-state index in [1.807, 2.05) is 26.8 Å². The molecule has 1 N–H and O–H groups in total. The number of hydrogen-bond donors (Lipinski definition) is 1. The highest BCUT2D eigenvalue weighted by Crippen LogP contribution is 2.34. The summed E-state index contributed by atoms with van der Waals surface area (Å²) in [5, 5.41) is 3.81. The Balaban J connectivity index is 2.17. The van der Waals surface area contributed by atoms with Gasteiger partial charge in [-0.05, 0) is 56.7 Å². The van der Waals surface area contributed by atoms with E-state index in [1.165, 1.54) is 12.1 Å². The van der Waals surface area contributed by atoms with Gasteiger partial charge in [-0.1, -0.05) is 11.6 Å². The van der Waals surface area contributed by atoms with Crippen LogP contribution in [0, 0.1) is 5.82 Å². The van der Waals surface area contributed by atoms with Gasteiger partial charge in [-0.2, -0.15) is 0 Å². The van der Waals surface area contributed by atoms with Crippen LogP contribution in [0.4, 0.5) is 10.1 Å². The molecule has 0 aromatic heterocycles. The van der Waals surface area contributed by atoms with Gasteiger partial charge >= 0.3 is 0 Å². The van der Waals surface area contributed by atoms with Gasteiger partial charge in [-0.25, -0.2) is 4.39 Å². The molecule has 3 nitrogen and oxygen atoms in total. The second-order valence-corrected chi connectivity index (χ2v) is 5.76. The number of hydrogen-bond acceptors (Lipinski definition) is 3. The smallest absolute Gasteiger partial charge is 0.163 e. The first-order chi connectivity index (χ1) is 11.0. The molecule has 0 bridgehead atoms. The molecule has 0 heterocycles. The minimum absolute atomic E-state index is 0.0356. The minimum Gasteiger partial charge on any atom is -0.490 e. The van der Waals surface area contributed by atoms with Crippen molar-refractivity contribution in [1.29, 1.82) is 0 Å². The van der Waals surface area contributed by atoms with Crippen LogP contribution in [0.2, 0.25) is 5.02 Å². The number of ether oxygens (including phenoxy) is 2. The summed E-state index contributed by atoms with van der Waals surface area (Å²) < 4.78 is 24.3. The topological polar surface area (TPSA) is 30.5 Å². The summed E-state index contributed by atoms with van der Waals surface area (Å²) in [4.78, 5) is 0. The zero-order valence-electron chi connectivity index (χ0n) is 13.5. The third kappa shape index (κ3) is 5.03. The highest BCUT2D eigenvalue weighted by atomic mass is 35.5. The molecule has 23 heavy (non-hydrogen) atoms. The van der Waals surface area contributed by atoms with Crippen LogP contribution >= 0.6 is 11.6 Å². The normalized spacial score (nSPS) is 10.7. The molecule has 124 valence electrons. The van der Waals surface area contributed by atoms with Crippen LogP contribution in [0.1, 0.15) is 26.3 Å². The second kappa shape index (κ2) is 8.06. The van der Waals surface area contributed by atoms with E-state index in [0.717, 1.165) is 11.3 Å². The van der Waals surface area contributed by atoms with Gasteiger partial charge in [-0.15, -0.1) is 0 Å². The molecule has 0 aliphatic heterocycles. The second-order valence-electron chi connectivity index (χ2n) is 5.35. The molecule has 0 spiro atoms. The van der Waals surface area contributed by atoms with E-state index in [0.29, 0.717) is 29.7 Å². The molecule has 0 unspecified atom stereocenters.